The summed E-state index contributed by atoms with van der Waals surface area (Å²) in [5.41, 5.74) is 3.07. The molecule has 2 atom stereocenters. The van der Waals surface area contributed by atoms with Gasteiger partial charge in [0.25, 0.3) is 0 Å². The Morgan fingerprint density at radius 2 is 1.81 bits per heavy atom. The Bertz CT molecular complexity index is 1030. The Morgan fingerprint density at radius 1 is 1.08 bits per heavy atom. The number of anilines is 1. The Kier molecular flexibility index (Phi) is 9.62. The van der Waals surface area contributed by atoms with Crippen LogP contribution in [0.4, 0.5) is 5.69 Å². The third-order valence-corrected chi connectivity index (χ3v) is 7.67. The maximum atomic E-state index is 13.9. The quantitative estimate of drug-likeness (QED) is 0.401. The lowest BCUT2D eigenvalue weighted by atomic mass is 9.85. The van der Waals surface area contributed by atoms with Gasteiger partial charge in [0.2, 0.25) is 5.91 Å². The zero-order valence-corrected chi connectivity index (χ0v) is 22.6. The van der Waals surface area contributed by atoms with E-state index in [0.29, 0.717) is 37.2 Å². The first-order chi connectivity index (χ1) is 18.0. The smallest absolute Gasteiger partial charge is 0.323 e. The number of hydrogen-bond acceptors (Lipinski definition) is 5. The van der Waals surface area contributed by atoms with Gasteiger partial charge in [-0.2, -0.15) is 0 Å². The number of hydrogen-bond donors (Lipinski definition) is 1. The van der Waals surface area contributed by atoms with Crippen LogP contribution in [0.1, 0.15) is 82.8 Å². The molecule has 2 aliphatic rings. The lowest BCUT2D eigenvalue weighted by molar-refractivity contribution is -0.146. The van der Waals surface area contributed by atoms with E-state index < -0.39 is 12.1 Å². The predicted molar refractivity (Wildman–Crippen MR) is 147 cm³/mol. The minimum Gasteiger partial charge on any atom is -0.489 e. The summed E-state index contributed by atoms with van der Waals surface area (Å²) in [6.45, 7) is 7.08. The number of rotatable bonds is 10. The molecular weight excluding hydrogens is 464 g/mol. The van der Waals surface area contributed by atoms with Crippen molar-refractivity contribution in [2.45, 2.75) is 90.3 Å². The molecule has 1 N–H and O–H groups in total. The Labute approximate surface area is 221 Å². The van der Waals surface area contributed by atoms with Crippen molar-refractivity contribution in [1.29, 1.82) is 0 Å². The molecule has 0 bridgehead atoms. The van der Waals surface area contributed by atoms with Crippen molar-refractivity contribution in [2.75, 3.05) is 18.1 Å². The first kappa shape index (κ1) is 27.2. The summed E-state index contributed by atoms with van der Waals surface area (Å²) in [6, 6.07) is 14.9. The van der Waals surface area contributed by atoms with E-state index in [4.69, 9.17) is 9.47 Å². The molecular formula is C31H42N2O4. The standard InChI is InChI=1S/C31H42N2O4/c1-4-36-31(35)26(19-16-23-10-6-5-7-11-23)32-27-21-37-29-13-9-8-12-28(29)33(30(27)34)20-24-14-17-25(18-15-24)22(2)3/h8-9,12-15,17-18,22-23,26-27,32H,4-7,10-11,16,19-21H2,1-3H3/t26-,27-/m0/s1. The minimum atomic E-state index is -0.650. The van der Waals surface area contributed by atoms with Crippen LogP contribution in [-0.4, -0.2) is 37.2 Å². The molecule has 37 heavy (non-hydrogen) atoms. The lowest BCUT2D eigenvalue weighted by Gasteiger charge is -2.28. The highest BCUT2D eigenvalue weighted by Gasteiger charge is 2.35. The topological polar surface area (TPSA) is 67.9 Å². The number of esters is 1. The van der Waals surface area contributed by atoms with Crippen LogP contribution < -0.4 is 15.0 Å². The third-order valence-electron chi connectivity index (χ3n) is 7.67. The normalized spacial score (nSPS) is 19.2. The number of ether oxygens (including phenoxy) is 2. The van der Waals surface area contributed by atoms with Gasteiger partial charge in [-0.25, -0.2) is 0 Å². The van der Waals surface area contributed by atoms with Crippen LogP contribution in [-0.2, 0) is 20.9 Å². The number of carbonyl (C=O) groups excluding carboxylic acids is 2. The highest BCUT2D eigenvalue weighted by atomic mass is 16.5. The van der Waals surface area contributed by atoms with E-state index in [1.807, 2.05) is 31.2 Å². The first-order valence-corrected chi connectivity index (χ1v) is 14.0. The molecule has 1 heterocycles. The van der Waals surface area contributed by atoms with Gasteiger partial charge < -0.3 is 14.4 Å². The van der Waals surface area contributed by atoms with E-state index in [9.17, 15) is 9.59 Å². The molecule has 2 aromatic rings. The molecule has 1 aliphatic heterocycles. The molecule has 1 amide bonds. The summed E-state index contributed by atoms with van der Waals surface area (Å²) in [6.07, 6.45) is 7.91. The van der Waals surface area contributed by atoms with Crippen molar-refractivity contribution in [2.24, 2.45) is 5.92 Å². The van der Waals surface area contributed by atoms with Crippen LogP contribution in [0, 0.1) is 5.92 Å². The van der Waals surface area contributed by atoms with Gasteiger partial charge in [0, 0.05) is 0 Å². The van der Waals surface area contributed by atoms with Crippen molar-refractivity contribution in [3.8, 4) is 5.75 Å². The molecule has 0 radical (unpaired) electrons. The molecule has 0 aromatic heterocycles. The fourth-order valence-electron chi connectivity index (χ4n) is 5.46. The van der Waals surface area contributed by atoms with Gasteiger partial charge >= 0.3 is 5.97 Å². The van der Waals surface area contributed by atoms with Crippen LogP contribution >= 0.6 is 0 Å². The fraction of sp³-hybridized carbons (Fsp3) is 0.548. The summed E-state index contributed by atoms with van der Waals surface area (Å²) in [7, 11) is 0. The average molecular weight is 507 g/mol. The molecule has 0 saturated heterocycles. The molecule has 1 saturated carbocycles. The molecule has 6 heteroatoms. The van der Waals surface area contributed by atoms with Crippen molar-refractivity contribution >= 4 is 17.6 Å². The van der Waals surface area contributed by atoms with Crippen molar-refractivity contribution in [3.05, 3.63) is 59.7 Å². The number of para-hydroxylation sites is 2. The number of carbonyl (C=O) groups is 2. The van der Waals surface area contributed by atoms with Gasteiger partial charge in [-0.1, -0.05) is 82.3 Å². The van der Waals surface area contributed by atoms with E-state index in [1.54, 1.807) is 4.90 Å². The number of amides is 1. The second-order valence-electron chi connectivity index (χ2n) is 10.7. The van der Waals surface area contributed by atoms with Crippen LogP contribution in [0.2, 0.25) is 0 Å². The largest absolute Gasteiger partial charge is 0.489 e. The minimum absolute atomic E-state index is 0.0927. The van der Waals surface area contributed by atoms with Crippen LogP contribution in [0.5, 0.6) is 5.75 Å². The van der Waals surface area contributed by atoms with Crippen molar-refractivity contribution in [1.82, 2.24) is 5.32 Å². The SMILES string of the molecule is CCOC(=O)[C@H](CCC1CCCCC1)N[C@H]1COc2ccccc2N(Cc2ccc(C(C)C)cc2)C1=O. The summed E-state index contributed by atoms with van der Waals surface area (Å²) in [5.74, 6) is 1.38. The van der Waals surface area contributed by atoms with Gasteiger partial charge in [0.15, 0.2) is 0 Å². The number of fused-ring (bicyclic) bond motifs is 1. The first-order valence-electron chi connectivity index (χ1n) is 14.0. The van der Waals surface area contributed by atoms with Crippen molar-refractivity contribution < 1.29 is 19.1 Å². The summed E-state index contributed by atoms with van der Waals surface area (Å²) >= 11 is 0. The number of benzene rings is 2. The van der Waals surface area contributed by atoms with Gasteiger partial charge in [-0.15, -0.1) is 0 Å². The van der Waals surface area contributed by atoms with Gasteiger partial charge in [0.05, 0.1) is 18.8 Å². The molecule has 4 rings (SSSR count). The third kappa shape index (κ3) is 7.13. The highest BCUT2D eigenvalue weighted by Crippen LogP contribution is 2.33. The van der Waals surface area contributed by atoms with Crippen LogP contribution in [0.15, 0.2) is 48.5 Å². The number of nitrogens with zero attached hydrogens (tertiary/aromatic N) is 1. The van der Waals surface area contributed by atoms with E-state index in [1.165, 1.54) is 37.7 Å². The van der Waals surface area contributed by atoms with Crippen LogP contribution in [0.3, 0.4) is 0 Å². The second-order valence-corrected chi connectivity index (χ2v) is 10.7. The summed E-state index contributed by atoms with van der Waals surface area (Å²) in [4.78, 5) is 28.6. The van der Waals surface area contributed by atoms with Crippen LogP contribution in [0.25, 0.3) is 0 Å². The zero-order valence-electron chi connectivity index (χ0n) is 22.6. The number of nitrogens with one attached hydrogen (secondary N) is 1. The predicted octanol–water partition coefficient (Wildman–Crippen LogP) is 5.99. The fourth-order valence-corrected chi connectivity index (χ4v) is 5.46. The molecule has 0 unspecified atom stereocenters. The maximum Gasteiger partial charge on any atom is 0.323 e. The Morgan fingerprint density at radius 3 is 2.51 bits per heavy atom. The molecule has 1 aliphatic carbocycles. The molecule has 200 valence electrons. The molecule has 2 aromatic carbocycles. The molecule has 1 fully saturated rings. The van der Waals surface area contributed by atoms with E-state index in [0.717, 1.165) is 17.7 Å². The Balaban J connectivity index is 1.53. The molecule has 6 nitrogen and oxygen atoms in total. The van der Waals surface area contributed by atoms with E-state index in [-0.39, 0.29) is 18.5 Å². The van der Waals surface area contributed by atoms with Gasteiger partial charge in [-0.05, 0) is 54.9 Å². The highest BCUT2D eigenvalue weighted by molar-refractivity contribution is 5.99. The maximum absolute atomic E-state index is 13.9. The van der Waals surface area contributed by atoms with Crippen molar-refractivity contribution in [3.63, 3.8) is 0 Å². The van der Waals surface area contributed by atoms with E-state index >= 15 is 0 Å². The second kappa shape index (κ2) is 13.1. The monoisotopic (exact) mass is 506 g/mol. The zero-order chi connectivity index (χ0) is 26.2. The summed E-state index contributed by atoms with van der Waals surface area (Å²) in [5, 5.41) is 3.35. The lowest BCUT2D eigenvalue weighted by Crippen LogP contribution is -2.54. The van der Waals surface area contributed by atoms with Gasteiger partial charge in [-0.3, -0.25) is 14.9 Å². The average Bonchev–Trinajstić information content (AvgIpc) is 3.04. The summed E-state index contributed by atoms with van der Waals surface area (Å²) < 4.78 is 11.5. The van der Waals surface area contributed by atoms with E-state index in [2.05, 4.69) is 43.4 Å². The van der Waals surface area contributed by atoms with Gasteiger partial charge in [0.1, 0.15) is 24.4 Å². The molecule has 0 spiro atoms. The Hall–Kier alpha value is -2.86.